The number of amides is 1. The van der Waals surface area contributed by atoms with Gasteiger partial charge in [0.05, 0.1) is 23.5 Å². The second-order valence-electron chi connectivity index (χ2n) is 4.18. The molecule has 100 valence electrons. The van der Waals surface area contributed by atoms with Crippen LogP contribution in [-0.4, -0.2) is 22.9 Å². The van der Waals surface area contributed by atoms with E-state index in [0.29, 0.717) is 11.3 Å². The first kappa shape index (κ1) is 13.5. The molecule has 0 radical (unpaired) electrons. The summed E-state index contributed by atoms with van der Waals surface area (Å²) >= 11 is 1.59. The molecule has 1 amide bonds. The molecule has 2 aromatic rings. The van der Waals surface area contributed by atoms with Crippen LogP contribution in [0.5, 0.6) is 0 Å². The SMILES string of the molecule is CNc1cnccc1C(=O)NC(C)c1ncc(C)s1. The average molecular weight is 276 g/mol. The Kier molecular flexibility index (Phi) is 4.11. The predicted octanol–water partition coefficient (Wildman–Crippen LogP) is 2.38. The monoisotopic (exact) mass is 276 g/mol. The van der Waals surface area contributed by atoms with Crippen LogP contribution in [0, 0.1) is 6.92 Å². The third-order valence-electron chi connectivity index (χ3n) is 2.69. The zero-order valence-electron chi connectivity index (χ0n) is 11.1. The predicted molar refractivity (Wildman–Crippen MR) is 76.5 cm³/mol. The molecule has 19 heavy (non-hydrogen) atoms. The Morgan fingerprint density at radius 3 is 2.84 bits per heavy atom. The number of rotatable bonds is 4. The number of hydrogen-bond acceptors (Lipinski definition) is 5. The van der Waals surface area contributed by atoms with E-state index in [1.54, 1.807) is 36.8 Å². The van der Waals surface area contributed by atoms with Crippen molar-refractivity contribution in [3.63, 3.8) is 0 Å². The smallest absolute Gasteiger partial charge is 0.254 e. The van der Waals surface area contributed by atoms with Gasteiger partial charge in [-0.3, -0.25) is 9.78 Å². The lowest BCUT2D eigenvalue weighted by Crippen LogP contribution is -2.27. The van der Waals surface area contributed by atoms with Crippen LogP contribution in [0.4, 0.5) is 5.69 Å². The van der Waals surface area contributed by atoms with Gasteiger partial charge in [0.2, 0.25) is 0 Å². The third-order valence-corrected chi connectivity index (χ3v) is 3.79. The normalized spacial score (nSPS) is 11.9. The lowest BCUT2D eigenvalue weighted by molar-refractivity contribution is 0.0940. The van der Waals surface area contributed by atoms with Crippen LogP contribution < -0.4 is 10.6 Å². The van der Waals surface area contributed by atoms with Crippen molar-refractivity contribution in [3.05, 3.63) is 40.1 Å². The maximum atomic E-state index is 12.2. The topological polar surface area (TPSA) is 66.9 Å². The van der Waals surface area contributed by atoms with Crippen LogP contribution in [0.15, 0.2) is 24.7 Å². The van der Waals surface area contributed by atoms with Crippen molar-refractivity contribution in [3.8, 4) is 0 Å². The summed E-state index contributed by atoms with van der Waals surface area (Å²) in [5.74, 6) is -0.132. The van der Waals surface area contributed by atoms with Crippen LogP contribution in [-0.2, 0) is 0 Å². The number of carbonyl (C=O) groups is 1. The van der Waals surface area contributed by atoms with Gasteiger partial charge in [0.1, 0.15) is 5.01 Å². The Morgan fingerprint density at radius 1 is 1.42 bits per heavy atom. The first-order chi connectivity index (χ1) is 9.11. The number of nitrogens with one attached hydrogen (secondary N) is 2. The van der Waals surface area contributed by atoms with E-state index in [2.05, 4.69) is 20.6 Å². The van der Waals surface area contributed by atoms with Gasteiger partial charge in [0, 0.05) is 24.3 Å². The lowest BCUT2D eigenvalue weighted by atomic mass is 10.2. The zero-order valence-corrected chi connectivity index (χ0v) is 11.9. The number of carbonyl (C=O) groups excluding carboxylic acids is 1. The Balaban J connectivity index is 2.12. The molecule has 0 aliphatic rings. The first-order valence-corrected chi connectivity index (χ1v) is 6.78. The van der Waals surface area contributed by atoms with Gasteiger partial charge >= 0.3 is 0 Å². The molecule has 2 heterocycles. The summed E-state index contributed by atoms with van der Waals surface area (Å²) in [5.41, 5.74) is 1.29. The van der Waals surface area contributed by atoms with Crippen molar-refractivity contribution in [1.29, 1.82) is 0 Å². The molecule has 1 unspecified atom stereocenters. The molecule has 0 aliphatic carbocycles. The molecule has 2 aromatic heterocycles. The van der Waals surface area contributed by atoms with Gasteiger partial charge in [-0.25, -0.2) is 4.98 Å². The number of pyridine rings is 1. The Labute approximate surface area is 116 Å². The molecule has 2 N–H and O–H groups in total. The van der Waals surface area contributed by atoms with E-state index in [1.807, 2.05) is 20.0 Å². The van der Waals surface area contributed by atoms with Crippen molar-refractivity contribution in [2.45, 2.75) is 19.9 Å². The van der Waals surface area contributed by atoms with Gasteiger partial charge in [-0.15, -0.1) is 11.3 Å². The minimum atomic E-state index is -0.132. The second-order valence-corrected chi connectivity index (χ2v) is 5.44. The number of aryl methyl sites for hydroxylation is 1. The van der Waals surface area contributed by atoms with Crippen molar-refractivity contribution < 1.29 is 4.79 Å². The summed E-state index contributed by atoms with van der Waals surface area (Å²) in [6, 6.07) is 1.59. The summed E-state index contributed by atoms with van der Waals surface area (Å²) in [4.78, 5) is 21.6. The summed E-state index contributed by atoms with van der Waals surface area (Å²) in [6.45, 7) is 3.92. The summed E-state index contributed by atoms with van der Waals surface area (Å²) in [5, 5.41) is 6.81. The van der Waals surface area contributed by atoms with Gasteiger partial charge in [0.15, 0.2) is 0 Å². The molecule has 6 heteroatoms. The lowest BCUT2D eigenvalue weighted by Gasteiger charge is -2.13. The summed E-state index contributed by atoms with van der Waals surface area (Å²) < 4.78 is 0. The molecule has 0 bridgehead atoms. The Bertz CT molecular complexity index is 582. The highest BCUT2D eigenvalue weighted by Gasteiger charge is 2.16. The third kappa shape index (κ3) is 3.08. The standard InChI is InChI=1S/C13H16N4OS/c1-8-6-16-13(19-8)9(2)17-12(18)10-4-5-15-7-11(10)14-3/h4-7,9,14H,1-3H3,(H,17,18). The molecular formula is C13H16N4OS. The summed E-state index contributed by atoms with van der Waals surface area (Å²) in [7, 11) is 1.77. The average Bonchev–Trinajstić information content (AvgIpc) is 2.85. The minimum absolute atomic E-state index is 0.107. The number of anilines is 1. The van der Waals surface area contributed by atoms with E-state index in [4.69, 9.17) is 0 Å². The number of thiazole rings is 1. The van der Waals surface area contributed by atoms with E-state index in [1.165, 1.54) is 0 Å². The first-order valence-electron chi connectivity index (χ1n) is 5.96. The van der Waals surface area contributed by atoms with Crippen LogP contribution in [0.1, 0.15) is 33.2 Å². The van der Waals surface area contributed by atoms with Gasteiger partial charge in [-0.1, -0.05) is 0 Å². The number of aromatic nitrogens is 2. The Morgan fingerprint density at radius 2 is 2.21 bits per heavy atom. The van der Waals surface area contributed by atoms with E-state index in [0.717, 1.165) is 9.88 Å². The highest BCUT2D eigenvalue weighted by Crippen LogP contribution is 2.20. The fourth-order valence-corrected chi connectivity index (χ4v) is 2.48. The van der Waals surface area contributed by atoms with Crippen molar-refractivity contribution in [2.24, 2.45) is 0 Å². The van der Waals surface area contributed by atoms with Crippen LogP contribution >= 0.6 is 11.3 Å². The quantitative estimate of drug-likeness (QED) is 0.899. The molecule has 0 aromatic carbocycles. The second kappa shape index (κ2) is 5.79. The zero-order chi connectivity index (χ0) is 13.8. The Hall–Kier alpha value is -1.95. The van der Waals surface area contributed by atoms with Crippen molar-refractivity contribution in [2.75, 3.05) is 12.4 Å². The highest BCUT2D eigenvalue weighted by atomic mass is 32.1. The van der Waals surface area contributed by atoms with Gasteiger partial charge < -0.3 is 10.6 Å². The molecule has 0 saturated carbocycles. The highest BCUT2D eigenvalue weighted by molar-refractivity contribution is 7.11. The van der Waals surface area contributed by atoms with Crippen LogP contribution in [0.2, 0.25) is 0 Å². The maximum absolute atomic E-state index is 12.2. The van der Waals surface area contributed by atoms with Gasteiger partial charge in [-0.05, 0) is 19.9 Å². The maximum Gasteiger partial charge on any atom is 0.254 e. The van der Waals surface area contributed by atoms with Crippen molar-refractivity contribution >= 4 is 22.9 Å². The molecule has 5 nitrogen and oxygen atoms in total. The molecule has 0 saturated heterocycles. The fourth-order valence-electron chi connectivity index (χ4n) is 1.70. The largest absolute Gasteiger partial charge is 0.386 e. The molecule has 0 fully saturated rings. The van der Waals surface area contributed by atoms with E-state index in [9.17, 15) is 4.79 Å². The molecular weight excluding hydrogens is 260 g/mol. The van der Waals surface area contributed by atoms with Crippen molar-refractivity contribution in [1.82, 2.24) is 15.3 Å². The van der Waals surface area contributed by atoms with Gasteiger partial charge in [-0.2, -0.15) is 0 Å². The number of hydrogen-bond donors (Lipinski definition) is 2. The molecule has 0 spiro atoms. The van der Waals surface area contributed by atoms with Crippen LogP contribution in [0.3, 0.4) is 0 Å². The summed E-state index contributed by atoms with van der Waals surface area (Å²) in [6.07, 6.45) is 5.05. The number of nitrogens with zero attached hydrogens (tertiary/aromatic N) is 2. The fraction of sp³-hybridized carbons (Fsp3) is 0.308. The van der Waals surface area contributed by atoms with Gasteiger partial charge in [0.25, 0.3) is 5.91 Å². The van der Waals surface area contributed by atoms with E-state index < -0.39 is 0 Å². The molecule has 2 rings (SSSR count). The minimum Gasteiger partial charge on any atom is -0.386 e. The van der Waals surface area contributed by atoms with E-state index >= 15 is 0 Å². The van der Waals surface area contributed by atoms with Crippen LogP contribution in [0.25, 0.3) is 0 Å². The van der Waals surface area contributed by atoms with E-state index in [-0.39, 0.29) is 11.9 Å². The molecule has 1 atom stereocenters. The molecule has 0 aliphatic heterocycles.